The van der Waals surface area contributed by atoms with Crippen molar-refractivity contribution in [1.29, 1.82) is 0 Å². The summed E-state index contributed by atoms with van der Waals surface area (Å²) in [7, 11) is 0. The third kappa shape index (κ3) is 3.62. The van der Waals surface area contributed by atoms with Gasteiger partial charge in [-0.3, -0.25) is 9.58 Å². The van der Waals surface area contributed by atoms with Crippen LogP contribution in [0.2, 0.25) is 0 Å². The molecule has 5 nitrogen and oxygen atoms in total. The summed E-state index contributed by atoms with van der Waals surface area (Å²) in [6, 6.07) is 7.29. The second-order valence-electron chi connectivity index (χ2n) is 8.58. The van der Waals surface area contributed by atoms with E-state index in [9.17, 15) is 4.79 Å². The van der Waals surface area contributed by atoms with E-state index in [0.717, 1.165) is 17.7 Å². The normalized spacial score (nSPS) is 20.9. The summed E-state index contributed by atoms with van der Waals surface area (Å²) in [6.07, 6.45) is 7.01. The monoisotopic (exact) mass is 428 g/mol. The summed E-state index contributed by atoms with van der Waals surface area (Å²) in [4.78, 5) is 17.5. The van der Waals surface area contributed by atoms with E-state index in [4.69, 9.17) is 0 Å². The fourth-order valence-corrected chi connectivity index (χ4v) is 6.23. The molecule has 2 heterocycles. The maximum atomic E-state index is 12.9. The summed E-state index contributed by atoms with van der Waals surface area (Å²) < 4.78 is 2.10. The van der Waals surface area contributed by atoms with E-state index in [1.54, 1.807) is 0 Å². The molecule has 6 heteroatoms. The number of benzene rings is 1. The molecule has 4 rings (SSSR count). The van der Waals surface area contributed by atoms with Crippen LogP contribution in [-0.2, 0) is 12.2 Å². The predicted molar refractivity (Wildman–Crippen MR) is 128 cm³/mol. The van der Waals surface area contributed by atoms with E-state index in [1.165, 1.54) is 54.6 Å². The van der Waals surface area contributed by atoms with Crippen molar-refractivity contribution in [3.8, 4) is 0 Å². The topological polar surface area (TPSA) is 40.5 Å². The third-order valence-corrected chi connectivity index (χ3v) is 7.55. The minimum Gasteiger partial charge on any atom is -0.324 e. The molecule has 2 aliphatic rings. The quantitative estimate of drug-likeness (QED) is 0.673. The second kappa shape index (κ2) is 9.23. The number of thioether (sulfide) groups is 1. The number of urea groups is 1. The smallest absolute Gasteiger partial charge is 0.324 e. The summed E-state index contributed by atoms with van der Waals surface area (Å²) in [5, 5.41) is 1.40. The van der Waals surface area contributed by atoms with Crippen LogP contribution < -0.4 is 5.43 Å². The van der Waals surface area contributed by atoms with E-state index >= 15 is 0 Å². The molecule has 1 aliphatic carbocycles. The molecular formula is C24H36N4OS. The van der Waals surface area contributed by atoms with Gasteiger partial charge in [-0.1, -0.05) is 19.1 Å². The SMILES string of the molecule is CCCN1CCC[C@@H]2c3cccc4c3c(c(CSC)n4NC(=O)N(CC)CC)C[C@H]21. The Balaban J connectivity index is 1.82. The van der Waals surface area contributed by atoms with Crippen molar-refractivity contribution in [3.05, 3.63) is 35.0 Å². The lowest BCUT2D eigenvalue weighted by atomic mass is 9.74. The van der Waals surface area contributed by atoms with Gasteiger partial charge in [0.25, 0.3) is 0 Å². The van der Waals surface area contributed by atoms with Crippen LogP contribution in [0.4, 0.5) is 4.79 Å². The Morgan fingerprint density at radius 2 is 2.07 bits per heavy atom. The minimum absolute atomic E-state index is 0.0134. The van der Waals surface area contributed by atoms with Crippen molar-refractivity contribution in [1.82, 2.24) is 14.5 Å². The van der Waals surface area contributed by atoms with Crippen molar-refractivity contribution in [2.75, 3.05) is 37.9 Å². The molecule has 1 aromatic heterocycles. The molecule has 1 aromatic carbocycles. The molecule has 1 saturated heterocycles. The summed E-state index contributed by atoms with van der Waals surface area (Å²) in [6.45, 7) is 10.2. The zero-order valence-electron chi connectivity index (χ0n) is 18.9. The first-order valence-electron chi connectivity index (χ1n) is 11.6. The lowest BCUT2D eigenvalue weighted by Gasteiger charge is -2.44. The van der Waals surface area contributed by atoms with Crippen LogP contribution in [0, 0.1) is 0 Å². The predicted octanol–water partition coefficient (Wildman–Crippen LogP) is 5.02. The highest BCUT2D eigenvalue weighted by Gasteiger charge is 2.39. The number of likely N-dealkylation sites (tertiary alicyclic amines) is 1. The fourth-order valence-electron chi connectivity index (χ4n) is 5.65. The molecule has 1 fully saturated rings. The zero-order valence-corrected chi connectivity index (χ0v) is 19.7. The standard InChI is InChI=1S/C24H36N4OS/c1-5-13-27-14-9-11-17-18-10-8-12-20-23(18)19(15-21(17)27)22(16-30-4)28(20)25-24(29)26(6-2)7-3/h8,10,12,17,21H,5-7,9,11,13-16H2,1-4H3,(H,25,29)/t17-,21-/m1/s1. The van der Waals surface area contributed by atoms with Gasteiger partial charge in [0.15, 0.2) is 0 Å². The summed E-state index contributed by atoms with van der Waals surface area (Å²) in [5.41, 5.74) is 8.63. The largest absolute Gasteiger partial charge is 0.336 e. The average molecular weight is 429 g/mol. The first-order chi connectivity index (χ1) is 14.6. The maximum Gasteiger partial charge on any atom is 0.336 e. The molecular weight excluding hydrogens is 392 g/mol. The van der Waals surface area contributed by atoms with E-state index in [0.29, 0.717) is 25.0 Å². The Morgan fingerprint density at radius 3 is 2.77 bits per heavy atom. The van der Waals surface area contributed by atoms with Gasteiger partial charge in [-0.2, -0.15) is 11.8 Å². The molecule has 0 spiro atoms. The van der Waals surface area contributed by atoms with Gasteiger partial charge in [-0.05, 0) is 76.1 Å². The Kier molecular flexibility index (Phi) is 6.63. The molecule has 1 N–H and O–H groups in total. The molecule has 0 radical (unpaired) electrons. The van der Waals surface area contributed by atoms with Crippen molar-refractivity contribution >= 4 is 28.7 Å². The molecule has 164 valence electrons. The number of nitrogens with zero attached hydrogens (tertiary/aromatic N) is 3. The Morgan fingerprint density at radius 1 is 1.27 bits per heavy atom. The number of fused-ring (bicyclic) bond motifs is 2. The number of aromatic nitrogens is 1. The van der Waals surface area contributed by atoms with Crippen LogP contribution >= 0.6 is 11.8 Å². The molecule has 30 heavy (non-hydrogen) atoms. The molecule has 2 aromatic rings. The van der Waals surface area contributed by atoms with Crippen molar-refractivity contribution in [3.63, 3.8) is 0 Å². The molecule has 0 bridgehead atoms. The van der Waals surface area contributed by atoms with Gasteiger partial charge in [0.1, 0.15) is 0 Å². The first-order valence-corrected chi connectivity index (χ1v) is 13.0. The van der Waals surface area contributed by atoms with Crippen LogP contribution in [0.3, 0.4) is 0 Å². The van der Waals surface area contributed by atoms with Gasteiger partial charge in [0.05, 0.1) is 11.2 Å². The number of hydrogen-bond acceptors (Lipinski definition) is 3. The van der Waals surface area contributed by atoms with Crippen LogP contribution in [0.5, 0.6) is 0 Å². The molecule has 0 unspecified atom stereocenters. The van der Waals surface area contributed by atoms with Crippen LogP contribution in [-0.4, -0.2) is 59.0 Å². The van der Waals surface area contributed by atoms with Gasteiger partial charge in [-0.25, -0.2) is 10.2 Å². The Bertz CT molecular complexity index is 902. The van der Waals surface area contributed by atoms with Crippen LogP contribution in [0.15, 0.2) is 18.2 Å². The molecule has 2 amide bonds. The average Bonchev–Trinajstić information content (AvgIpc) is 3.04. The van der Waals surface area contributed by atoms with E-state index < -0.39 is 0 Å². The van der Waals surface area contributed by atoms with Gasteiger partial charge < -0.3 is 4.90 Å². The van der Waals surface area contributed by atoms with E-state index in [-0.39, 0.29) is 6.03 Å². The number of carbonyl (C=O) groups is 1. The minimum atomic E-state index is -0.0134. The number of carbonyl (C=O) groups excluding carboxylic acids is 1. The lowest BCUT2D eigenvalue weighted by molar-refractivity contribution is 0.124. The fraction of sp³-hybridized carbons (Fsp3) is 0.625. The number of piperidine rings is 1. The summed E-state index contributed by atoms with van der Waals surface area (Å²) >= 11 is 1.83. The van der Waals surface area contributed by atoms with Gasteiger partial charge >= 0.3 is 6.03 Å². The zero-order chi connectivity index (χ0) is 21.3. The Hall–Kier alpha value is -1.66. The highest BCUT2D eigenvalue weighted by atomic mass is 32.2. The molecule has 2 atom stereocenters. The van der Waals surface area contributed by atoms with Crippen molar-refractivity contribution in [2.45, 2.75) is 64.2 Å². The first kappa shape index (κ1) is 21.6. The van der Waals surface area contributed by atoms with Crippen LogP contribution in [0.1, 0.15) is 62.8 Å². The number of hydrogen-bond donors (Lipinski definition) is 1. The van der Waals surface area contributed by atoms with Crippen molar-refractivity contribution in [2.24, 2.45) is 0 Å². The highest BCUT2D eigenvalue weighted by molar-refractivity contribution is 7.97. The molecule has 0 saturated carbocycles. The third-order valence-electron chi connectivity index (χ3n) is 6.99. The highest BCUT2D eigenvalue weighted by Crippen LogP contribution is 2.45. The molecule has 1 aliphatic heterocycles. The van der Waals surface area contributed by atoms with E-state index in [1.807, 2.05) is 30.5 Å². The number of amides is 2. The van der Waals surface area contributed by atoms with Gasteiger partial charge in [0, 0.05) is 36.2 Å². The lowest BCUT2D eigenvalue weighted by Crippen LogP contribution is -2.47. The Labute approximate surface area is 185 Å². The number of nitrogens with one attached hydrogen (secondary N) is 1. The van der Waals surface area contributed by atoms with Crippen LogP contribution in [0.25, 0.3) is 10.9 Å². The van der Waals surface area contributed by atoms with Gasteiger partial charge in [0.2, 0.25) is 0 Å². The maximum absolute atomic E-state index is 12.9. The van der Waals surface area contributed by atoms with Gasteiger partial charge in [-0.15, -0.1) is 0 Å². The van der Waals surface area contributed by atoms with Crippen molar-refractivity contribution < 1.29 is 4.79 Å². The van der Waals surface area contributed by atoms with E-state index in [2.05, 4.69) is 46.4 Å². The second-order valence-corrected chi connectivity index (χ2v) is 9.45. The number of rotatable bonds is 7. The summed E-state index contributed by atoms with van der Waals surface area (Å²) in [5.74, 6) is 1.52.